The van der Waals surface area contributed by atoms with Crippen LogP contribution >= 0.6 is 11.6 Å². The van der Waals surface area contributed by atoms with E-state index in [4.69, 9.17) is 21.1 Å². The number of hydrogen-bond acceptors (Lipinski definition) is 4. The van der Waals surface area contributed by atoms with Gasteiger partial charge in [0.15, 0.2) is 12.7 Å². The predicted octanol–water partition coefficient (Wildman–Crippen LogP) is 3.57. The molecule has 0 fully saturated rings. The van der Waals surface area contributed by atoms with Crippen LogP contribution in [0.3, 0.4) is 0 Å². The van der Waals surface area contributed by atoms with Crippen molar-refractivity contribution < 1.29 is 27.8 Å². The predicted molar refractivity (Wildman–Crippen MR) is 87.5 cm³/mol. The van der Waals surface area contributed by atoms with E-state index in [0.717, 1.165) is 12.1 Å². The lowest BCUT2D eigenvalue weighted by Gasteiger charge is -2.14. The fourth-order valence-electron chi connectivity index (χ4n) is 1.81. The summed E-state index contributed by atoms with van der Waals surface area (Å²) in [5, 5.41) is 2.65. The fourth-order valence-corrected chi connectivity index (χ4v) is 1.99. The monoisotopic (exact) mass is 369 g/mol. The number of anilines is 1. The third-order valence-corrected chi connectivity index (χ3v) is 3.25. The standard InChI is InChI=1S/C17H14ClF2NO4/c1-10(17(23)21-15-6-5-12(19)8-14(15)20)25-16(22)9-24-13-4-2-3-11(18)7-13/h2-8,10H,9H2,1H3,(H,21,23)/t10-/m0/s1. The highest BCUT2D eigenvalue weighted by Crippen LogP contribution is 2.17. The van der Waals surface area contributed by atoms with Gasteiger partial charge in [-0.3, -0.25) is 4.79 Å². The summed E-state index contributed by atoms with van der Waals surface area (Å²) in [5.41, 5.74) is -0.218. The minimum atomic E-state index is -1.19. The van der Waals surface area contributed by atoms with Crippen LogP contribution in [0.15, 0.2) is 42.5 Å². The van der Waals surface area contributed by atoms with Crippen molar-refractivity contribution in [3.8, 4) is 5.75 Å². The van der Waals surface area contributed by atoms with Crippen LogP contribution in [0.1, 0.15) is 6.92 Å². The second kappa shape index (κ2) is 8.43. The Balaban J connectivity index is 1.84. The lowest BCUT2D eigenvalue weighted by Crippen LogP contribution is -2.32. The molecule has 0 saturated carbocycles. The normalized spacial score (nSPS) is 11.5. The van der Waals surface area contributed by atoms with Crippen LogP contribution < -0.4 is 10.1 Å². The van der Waals surface area contributed by atoms with Gasteiger partial charge in [-0.2, -0.15) is 0 Å². The molecule has 132 valence electrons. The van der Waals surface area contributed by atoms with Crippen molar-refractivity contribution >= 4 is 29.2 Å². The summed E-state index contributed by atoms with van der Waals surface area (Å²) in [4.78, 5) is 23.6. The number of esters is 1. The molecule has 25 heavy (non-hydrogen) atoms. The average molecular weight is 370 g/mol. The minimum Gasteiger partial charge on any atom is -0.482 e. The van der Waals surface area contributed by atoms with Crippen molar-refractivity contribution in [3.63, 3.8) is 0 Å². The summed E-state index contributed by atoms with van der Waals surface area (Å²) in [5.74, 6) is -2.89. The van der Waals surface area contributed by atoms with E-state index >= 15 is 0 Å². The SMILES string of the molecule is C[C@H](OC(=O)COc1cccc(Cl)c1)C(=O)Nc1ccc(F)cc1F. The number of hydrogen-bond donors (Lipinski definition) is 1. The van der Waals surface area contributed by atoms with Gasteiger partial charge >= 0.3 is 5.97 Å². The molecule has 2 rings (SSSR count). The third-order valence-electron chi connectivity index (χ3n) is 3.02. The first-order chi connectivity index (χ1) is 11.8. The van der Waals surface area contributed by atoms with E-state index in [-0.39, 0.29) is 5.69 Å². The Morgan fingerprint density at radius 2 is 1.96 bits per heavy atom. The number of rotatable bonds is 6. The highest BCUT2D eigenvalue weighted by molar-refractivity contribution is 6.30. The lowest BCUT2D eigenvalue weighted by molar-refractivity contribution is -0.155. The van der Waals surface area contributed by atoms with Crippen molar-refractivity contribution in [2.45, 2.75) is 13.0 Å². The molecule has 2 aromatic carbocycles. The second-order valence-corrected chi connectivity index (χ2v) is 5.43. The van der Waals surface area contributed by atoms with Gasteiger partial charge in [0.25, 0.3) is 5.91 Å². The van der Waals surface area contributed by atoms with Gasteiger partial charge in [-0.05, 0) is 37.3 Å². The molecule has 0 saturated heterocycles. The molecular weight excluding hydrogens is 356 g/mol. The molecule has 2 aromatic rings. The molecule has 0 heterocycles. The van der Waals surface area contributed by atoms with Gasteiger partial charge in [0.05, 0.1) is 5.69 Å². The van der Waals surface area contributed by atoms with Crippen molar-refractivity contribution in [3.05, 3.63) is 59.1 Å². The zero-order valence-corrected chi connectivity index (χ0v) is 13.8. The Bertz CT molecular complexity index is 785. The molecule has 1 atom stereocenters. The van der Waals surface area contributed by atoms with Gasteiger partial charge in [0, 0.05) is 11.1 Å². The molecule has 0 radical (unpaired) electrons. The van der Waals surface area contributed by atoms with Crippen LogP contribution in [0.5, 0.6) is 5.75 Å². The molecule has 5 nitrogen and oxygen atoms in total. The summed E-state index contributed by atoms with van der Waals surface area (Å²) in [6, 6.07) is 9.11. The van der Waals surface area contributed by atoms with Crippen LogP contribution in [0, 0.1) is 11.6 Å². The summed E-state index contributed by atoms with van der Waals surface area (Å²) < 4.78 is 36.4. The van der Waals surface area contributed by atoms with E-state index < -0.39 is 36.2 Å². The number of halogens is 3. The van der Waals surface area contributed by atoms with E-state index in [2.05, 4.69) is 5.32 Å². The van der Waals surface area contributed by atoms with Crippen LogP contribution in [0.4, 0.5) is 14.5 Å². The van der Waals surface area contributed by atoms with Gasteiger partial charge in [0.2, 0.25) is 0 Å². The lowest BCUT2D eigenvalue weighted by atomic mass is 10.2. The number of carbonyl (C=O) groups is 2. The Kier molecular flexibility index (Phi) is 6.30. The largest absolute Gasteiger partial charge is 0.482 e. The Morgan fingerprint density at radius 1 is 1.20 bits per heavy atom. The minimum absolute atomic E-state index is 0.218. The Labute approximate surface area is 147 Å². The molecule has 0 spiro atoms. The van der Waals surface area contributed by atoms with Crippen molar-refractivity contribution in [1.29, 1.82) is 0 Å². The van der Waals surface area contributed by atoms with Crippen LogP contribution in [-0.2, 0) is 14.3 Å². The van der Waals surface area contributed by atoms with Gasteiger partial charge in [0.1, 0.15) is 17.4 Å². The first-order valence-corrected chi connectivity index (χ1v) is 7.56. The van der Waals surface area contributed by atoms with Gasteiger partial charge in [-0.25, -0.2) is 13.6 Å². The molecular formula is C17H14ClF2NO4. The highest BCUT2D eigenvalue weighted by atomic mass is 35.5. The van der Waals surface area contributed by atoms with Gasteiger partial charge in [-0.15, -0.1) is 0 Å². The van der Waals surface area contributed by atoms with Crippen LogP contribution in [0.25, 0.3) is 0 Å². The number of nitrogens with one attached hydrogen (secondary N) is 1. The van der Waals surface area contributed by atoms with Crippen LogP contribution in [-0.4, -0.2) is 24.6 Å². The van der Waals surface area contributed by atoms with Crippen molar-refractivity contribution in [2.24, 2.45) is 0 Å². The molecule has 1 N–H and O–H groups in total. The maximum Gasteiger partial charge on any atom is 0.344 e. The topological polar surface area (TPSA) is 64.6 Å². The number of carbonyl (C=O) groups excluding carboxylic acids is 2. The zero-order chi connectivity index (χ0) is 18.4. The summed E-state index contributed by atoms with van der Waals surface area (Å²) in [6.45, 7) is 0.886. The first kappa shape index (κ1) is 18.7. The molecule has 0 aliphatic heterocycles. The van der Waals surface area contributed by atoms with Gasteiger partial charge < -0.3 is 14.8 Å². The highest BCUT2D eigenvalue weighted by Gasteiger charge is 2.19. The van der Waals surface area contributed by atoms with Gasteiger partial charge in [-0.1, -0.05) is 17.7 Å². The molecule has 0 unspecified atom stereocenters. The van der Waals surface area contributed by atoms with E-state index in [1.807, 2.05) is 0 Å². The maximum atomic E-state index is 13.5. The van der Waals surface area contributed by atoms with Crippen LogP contribution in [0.2, 0.25) is 5.02 Å². The van der Waals surface area contributed by atoms with Crippen molar-refractivity contribution in [2.75, 3.05) is 11.9 Å². The number of ether oxygens (including phenoxy) is 2. The smallest absolute Gasteiger partial charge is 0.344 e. The molecule has 0 aliphatic rings. The second-order valence-electron chi connectivity index (χ2n) is 4.99. The quantitative estimate of drug-likeness (QED) is 0.791. The van der Waals surface area contributed by atoms with E-state index in [1.54, 1.807) is 18.2 Å². The molecule has 0 aliphatic carbocycles. The molecule has 1 amide bonds. The molecule has 0 bridgehead atoms. The summed E-state index contributed by atoms with van der Waals surface area (Å²) in [6.07, 6.45) is -1.19. The number of benzene rings is 2. The van der Waals surface area contributed by atoms with E-state index in [0.29, 0.717) is 16.8 Å². The fraction of sp³-hybridized carbons (Fsp3) is 0.176. The Morgan fingerprint density at radius 3 is 2.64 bits per heavy atom. The third kappa shape index (κ3) is 5.72. The van der Waals surface area contributed by atoms with E-state index in [1.165, 1.54) is 13.0 Å². The average Bonchev–Trinajstić information content (AvgIpc) is 2.55. The first-order valence-electron chi connectivity index (χ1n) is 7.19. The maximum absolute atomic E-state index is 13.5. The molecule has 8 heteroatoms. The van der Waals surface area contributed by atoms with E-state index in [9.17, 15) is 18.4 Å². The zero-order valence-electron chi connectivity index (χ0n) is 13.1. The number of amides is 1. The van der Waals surface area contributed by atoms with Crippen molar-refractivity contribution in [1.82, 2.24) is 0 Å². The molecule has 0 aromatic heterocycles. The Hall–Kier alpha value is -2.67. The summed E-state index contributed by atoms with van der Waals surface area (Å²) in [7, 11) is 0. The summed E-state index contributed by atoms with van der Waals surface area (Å²) >= 11 is 5.78.